The molecule has 23 heavy (non-hydrogen) atoms. The third kappa shape index (κ3) is 5.61. The fourth-order valence-electron chi connectivity index (χ4n) is 2.25. The Labute approximate surface area is 133 Å². The van der Waals surface area contributed by atoms with E-state index in [1.807, 2.05) is 0 Å². The summed E-state index contributed by atoms with van der Waals surface area (Å²) in [5.74, 6) is -0.668. The maximum absolute atomic E-state index is 11.5. The molecule has 0 saturated carbocycles. The van der Waals surface area contributed by atoms with Crippen molar-refractivity contribution in [2.75, 3.05) is 27.0 Å². The van der Waals surface area contributed by atoms with Gasteiger partial charge >= 0.3 is 5.97 Å². The number of carbonyl (C=O) groups excluding carboxylic acids is 1. The van der Waals surface area contributed by atoms with Gasteiger partial charge < -0.3 is 18.9 Å². The number of methoxy groups -OCH3 is 2. The van der Waals surface area contributed by atoms with Crippen molar-refractivity contribution in [2.45, 2.75) is 37.6 Å². The number of hydrogen-bond donors (Lipinski definition) is 0. The van der Waals surface area contributed by atoms with Crippen LogP contribution in [0.25, 0.3) is 10.4 Å². The van der Waals surface area contributed by atoms with Crippen LogP contribution in [0.5, 0.6) is 0 Å². The number of rotatable bonds is 8. The Morgan fingerprint density at radius 3 is 2.39 bits per heavy atom. The van der Waals surface area contributed by atoms with Gasteiger partial charge in [0.1, 0.15) is 18.3 Å². The van der Waals surface area contributed by atoms with Crippen LogP contribution >= 0.6 is 0 Å². The topological polar surface area (TPSA) is 146 Å². The molecule has 0 aliphatic carbocycles. The highest BCUT2D eigenvalue weighted by Crippen LogP contribution is 2.31. The maximum atomic E-state index is 11.5. The van der Waals surface area contributed by atoms with E-state index in [0.29, 0.717) is 0 Å². The molecule has 0 aromatic carbocycles. The van der Waals surface area contributed by atoms with Crippen molar-refractivity contribution in [3.05, 3.63) is 10.4 Å². The lowest BCUT2D eigenvalue weighted by Gasteiger charge is -2.26. The third-order valence-electron chi connectivity index (χ3n) is 2.99. The summed E-state index contributed by atoms with van der Waals surface area (Å²) in [5, 5.41) is 3.37. The van der Waals surface area contributed by atoms with Crippen LogP contribution in [0.15, 0.2) is 5.11 Å². The van der Waals surface area contributed by atoms with E-state index >= 15 is 0 Å². The minimum absolute atomic E-state index is 0.186. The molecule has 0 aromatic heterocycles. The molecule has 0 radical (unpaired) electrons. The highest BCUT2D eigenvalue weighted by Gasteiger charge is 2.52. The highest BCUT2D eigenvalue weighted by atomic mass is 32.2. The zero-order chi connectivity index (χ0) is 17.6. The van der Waals surface area contributed by atoms with E-state index in [1.165, 1.54) is 14.2 Å². The molecule has 1 fully saturated rings. The number of carbonyl (C=O) groups is 1. The Kier molecular flexibility index (Phi) is 7.19. The number of hydrogen-bond acceptors (Lipinski definition) is 9. The molecule has 132 valence electrons. The lowest BCUT2D eigenvalue weighted by Crippen LogP contribution is -2.45. The van der Waals surface area contributed by atoms with Gasteiger partial charge in [-0.1, -0.05) is 5.11 Å². The average molecular weight is 353 g/mol. The van der Waals surface area contributed by atoms with Gasteiger partial charge in [0.15, 0.2) is 12.4 Å². The van der Waals surface area contributed by atoms with Crippen LogP contribution in [0.2, 0.25) is 0 Å². The van der Waals surface area contributed by atoms with Crippen molar-refractivity contribution in [1.82, 2.24) is 0 Å². The molecular weight excluding hydrogens is 334 g/mol. The molecule has 0 unspecified atom stereocenters. The van der Waals surface area contributed by atoms with Crippen molar-refractivity contribution < 1.29 is 36.3 Å². The lowest BCUT2D eigenvalue weighted by atomic mass is 10.1. The minimum Gasteiger partial charge on any atom is -0.457 e. The van der Waals surface area contributed by atoms with Gasteiger partial charge in [0.25, 0.3) is 10.1 Å². The zero-order valence-electron chi connectivity index (χ0n) is 13.1. The molecule has 1 aliphatic heterocycles. The lowest BCUT2D eigenvalue weighted by molar-refractivity contribution is -0.188. The van der Waals surface area contributed by atoms with Gasteiger partial charge in [0, 0.05) is 26.1 Å². The molecule has 12 heteroatoms. The molecule has 0 amide bonds. The standard InChI is InChI=1S/C11H19N3O8S/c1-6(15)20-8-7(5-13-14-12)21-10(11(18-2)19-3)9(8)22-23(4,16)17/h7-11H,5H2,1-4H3/t7-,8+,9-,10+/m0/s1. The Balaban J connectivity index is 3.16. The van der Waals surface area contributed by atoms with Crippen molar-refractivity contribution in [2.24, 2.45) is 5.11 Å². The summed E-state index contributed by atoms with van der Waals surface area (Å²) < 4.78 is 48.8. The predicted octanol–water partition coefficient (Wildman–Crippen LogP) is -0.0405. The van der Waals surface area contributed by atoms with E-state index < -0.39 is 46.8 Å². The summed E-state index contributed by atoms with van der Waals surface area (Å²) >= 11 is 0. The fourth-order valence-corrected chi connectivity index (χ4v) is 2.87. The molecule has 1 rings (SSSR count). The highest BCUT2D eigenvalue weighted by molar-refractivity contribution is 7.86. The van der Waals surface area contributed by atoms with Crippen LogP contribution in [-0.2, 0) is 38.0 Å². The van der Waals surface area contributed by atoms with Gasteiger partial charge in [-0.15, -0.1) is 0 Å². The van der Waals surface area contributed by atoms with Crippen molar-refractivity contribution in [3.63, 3.8) is 0 Å². The molecule has 0 N–H and O–H groups in total. The van der Waals surface area contributed by atoms with Crippen LogP contribution in [0, 0.1) is 0 Å². The van der Waals surface area contributed by atoms with Crippen LogP contribution in [-0.4, -0.2) is 72.1 Å². The van der Waals surface area contributed by atoms with Crippen LogP contribution < -0.4 is 0 Å². The monoisotopic (exact) mass is 353 g/mol. The molecule has 4 atom stereocenters. The second-order valence-corrected chi connectivity index (χ2v) is 6.33. The van der Waals surface area contributed by atoms with Gasteiger partial charge in [-0.3, -0.25) is 8.98 Å². The number of nitrogens with zero attached hydrogens (tertiary/aromatic N) is 3. The Morgan fingerprint density at radius 2 is 1.96 bits per heavy atom. The number of esters is 1. The molecule has 0 bridgehead atoms. The van der Waals surface area contributed by atoms with E-state index in [1.54, 1.807) is 0 Å². The van der Waals surface area contributed by atoms with Crippen molar-refractivity contribution in [3.8, 4) is 0 Å². The Bertz CT molecular complexity index is 558. The fraction of sp³-hybridized carbons (Fsp3) is 0.909. The van der Waals surface area contributed by atoms with Gasteiger partial charge in [0.2, 0.25) is 0 Å². The van der Waals surface area contributed by atoms with E-state index in [-0.39, 0.29) is 6.54 Å². The van der Waals surface area contributed by atoms with E-state index in [4.69, 9.17) is 28.7 Å². The van der Waals surface area contributed by atoms with E-state index in [9.17, 15) is 13.2 Å². The van der Waals surface area contributed by atoms with Crippen LogP contribution in [0.3, 0.4) is 0 Å². The predicted molar refractivity (Wildman–Crippen MR) is 75.8 cm³/mol. The normalized spacial score (nSPS) is 27.7. The first kappa shape index (κ1) is 19.6. The first-order chi connectivity index (χ1) is 10.7. The zero-order valence-corrected chi connectivity index (χ0v) is 13.9. The SMILES string of the molecule is COC(OC)[C@@H]1O[C@@H](CN=[N+]=[N-])[C@@H](OC(C)=O)[C@@H]1OS(C)(=O)=O. The average Bonchev–Trinajstić information content (AvgIpc) is 2.74. The summed E-state index contributed by atoms with van der Waals surface area (Å²) in [5.41, 5.74) is 8.43. The summed E-state index contributed by atoms with van der Waals surface area (Å²) in [7, 11) is -1.23. The summed E-state index contributed by atoms with van der Waals surface area (Å²) in [6, 6.07) is 0. The van der Waals surface area contributed by atoms with Gasteiger partial charge in [-0.25, -0.2) is 0 Å². The maximum Gasteiger partial charge on any atom is 0.303 e. The largest absolute Gasteiger partial charge is 0.457 e. The van der Waals surface area contributed by atoms with Crippen LogP contribution in [0.1, 0.15) is 6.92 Å². The quantitative estimate of drug-likeness (QED) is 0.147. The van der Waals surface area contributed by atoms with Crippen molar-refractivity contribution >= 4 is 16.1 Å². The molecule has 1 heterocycles. The second-order valence-electron chi connectivity index (χ2n) is 4.73. The molecule has 1 saturated heterocycles. The molecule has 1 aliphatic rings. The first-order valence-corrected chi connectivity index (χ1v) is 8.32. The molecule has 11 nitrogen and oxygen atoms in total. The smallest absolute Gasteiger partial charge is 0.303 e. The number of azide groups is 1. The molecular formula is C11H19N3O8S. The molecule has 0 spiro atoms. The van der Waals surface area contributed by atoms with E-state index in [2.05, 4.69) is 10.0 Å². The summed E-state index contributed by atoms with van der Waals surface area (Å²) in [6.07, 6.45) is -4.36. The minimum atomic E-state index is -3.89. The second kappa shape index (κ2) is 8.43. The van der Waals surface area contributed by atoms with Crippen LogP contribution in [0.4, 0.5) is 0 Å². The summed E-state index contributed by atoms with van der Waals surface area (Å²) in [6.45, 7) is 0.967. The molecule has 0 aromatic rings. The summed E-state index contributed by atoms with van der Waals surface area (Å²) in [4.78, 5) is 13.9. The van der Waals surface area contributed by atoms with E-state index in [0.717, 1.165) is 13.2 Å². The Hall–Kier alpha value is -1.43. The first-order valence-electron chi connectivity index (χ1n) is 6.51. The Morgan fingerprint density at radius 1 is 1.35 bits per heavy atom. The third-order valence-corrected chi connectivity index (χ3v) is 3.56. The van der Waals surface area contributed by atoms with Crippen molar-refractivity contribution in [1.29, 1.82) is 0 Å². The van der Waals surface area contributed by atoms with Gasteiger partial charge in [-0.05, 0) is 5.53 Å². The van der Waals surface area contributed by atoms with Gasteiger partial charge in [0.05, 0.1) is 12.8 Å². The number of ether oxygens (including phenoxy) is 4. The van der Waals surface area contributed by atoms with Gasteiger partial charge in [-0.2, -0.15) is 8.42 Å².